The molecule has 0 aliphatic carbocycles. The van der Waals surface area contributed by atoms with Crippen LogP contribution < -0.4 is 5.32 Å². The molecule has 0 aliphatic rings. The van der Waals surface area contributed by atoms with Crippen LogP contribution in [0.4, 0.5) is 5.13 Å². The molecule has 24 heavy (non-hydrogen) atoms. The summed E-state index contributed by atoms with van der Waals surface area (Å²) in [5, 5.41) is 28.7. The Labute approximate surface area is 153 Å². The molecule has 0 unspecified atom stereocenters. The summed E-state index contributed by atoms with van der Waals surface area (Å²) in [7, 11) is 0. The van der Waals surface area contributed by atoms with E-state index >= 15 is 0 Å². The minimum Gasteiger partial charge on any atom is -0.507 e. The molecule has 3 aromatic rings. The van der Waals surface area contributed by atoms with E-state index in [2.05, 4.69) is 46.6 Å². The standard InChI is InChI=1S/C13H11BrN6O2S2/c1-6-17-20-13(24-6)15-10(22)5-23-12-16-11(18-19-12)8-4-7(14)2-3-9(8)21/h2-4,21H,5H2,1H3,(H,15,20,22)(H,16,18,19). The van der Waals surface area contributed by atoms with Crippen LogP contribution in [0.1, 0.15) is 5.01 Å². The maximum absolute atomic E-state index is 11.9. The normalized spacial score (nSPS) is 10.8. The molecule has 0 fully saturated rings. The molecule has 0 spiro atoms. The van der Waals surface area contributed by atoms with Gasteiger partial charge in [-0.05, 0) is 25.1 Å². The third kappa shape index (κ3) is 4.10. The van der Waals surface area contributed by atoms with E-state index in [0.29, 0.717) is 21.7 Å². The molecule has 1 amide bonds. The highest BCUT2D eigenvalue weighted by Gasteiger charge is 2.13. The van der Waals surface area contributed by atoms with Crippen molar-refractivity contribution in [2.24, 2.45) is 0 Å². The summed E-state index contributed by atoms with van der Waals surface area (Å²) < 4.78 is 0.813. The predicted octanol–water partition coefficient (Wildman–Crippen LogP) is 2.83. The van der Waals surface area contributed by atoms with Crippen molar-refractivity contribution >= 4 is 50.1 Å². The zero-order valence-corrected chi connectivity index (χ0v) is 15.5. The smallest absolute Gasteiger partial charge is 0.236 e. The van der Waals surface area contributed by atoms with Crippen molar-refractivity contribution in [3.05, 3.63) is 27.7 Å². The van der Waals surface area contributed by atoms with Gasteiger partial charge in [0, 0.05) is 4.47 Å². The number of aryl methyl sites for hydroxylation is 1. The second kappa shape index (κ2) is 7.28. The highest BCUT2D eigenvalue weighted by atomic mass is 79.9. The molecule has 0 saturated heterocycles. The average Bonchev–Trinajstić information content (AvgIpc) is 3.17. The molecule has 2 aromatic heterocycles. The number of carbonyl (C=O) groups excluding carboxylic acids is 1. The van der Waals surface area contributed by atoms with Crippen molar-refractivity contribution in [2.45, 2.75) is 12.1 Å². The minimum atomic E-state index is -0.215. The molecule has 0 saturated carbocycles. The van der Waals surface area contributed by atoms with Crippen LogP contribution in [0.25, 0.3) is 11.4 Å². The lowest BCUT2D eigenvalue weighted by molar-refractivity contribution is -0.113. The number of hydrogen-bond donors (Lipinski definition) is 3. The third-order valence-electron chi connectivity index (χ3n) is 2.78. The number of rotatable bonds is 5. The maximum atomic E-state index is 11.9. The highest BCUT2D eigenvalue weighted by Crippen LogP contribution is 2.30. The molecule has 3 rings (SSSR count). The molecule has 11 heteroatoms. The Morgan fingerprint density at radius 3 is 3.04 bits per heavy atom. The topological polar surface area (TPSA) is 117 Å². The number of benzene rings is 1. The van der Waals surface area contributed by atoms with Gasteiger partial charge in [-0.25, -0.2) is 4.98 Å². The highest BCUT2D eigenvalue weighted by molar-refractivity contribution is 9.10. The first-order valence-electron chi connectivity index (χ1n) is 6.65. The van der Waals surface area contributed by atoms with Gasteiger partial charge in [-0.3, -0.25) is 15.2 Å². The number of aromatic nitrogens is 5. The Morgan fingerprint density at radius 1 is 1.46 bits per heavy atom. The summed E-state index contributed by atoms with van der Waals surface area (Å²) in [5.74, 6) is 0.444. The lowest BCUT2D eigenvalue weighted by atomic mass is 10.2. The van der Waals surface area contributed by atoms with Gasteiger partial charge in [0.25, 0.3) is 0 Å². The van der Waals surface area contributed by atoms with E-state index in [-0.39, 0.29) is 17.4 Å². The second-order valence-corrected chi connectivity index (χ2v) is 7.63. The van der Waals surface area contributed by atoms with Crippen molar-refractivity contribution in [2.75, 3.05) is 11.1 Å². The quantitative estimate of drug-likeness (QED) is 0.536. The number of H-pyrrole nitrogens is 1. The van der Waals surface area contributed by atoms with E-state index in [1.807, 2.05) is 6.92 Å². The van der Waals surface area contributed by atoms with Gasteiger partial charge in [0.1, 0.15) is 10.8 Å². The first-order chi connectivity index (χ1) is 11.5. The van der Waals surface area contributed by atoms with Crippen LogP contribution in [0, 0.1) is 6.92 Å². The lowest BCUT2D eigenvalue weighted by Crippen LogP contribution is -2.13. The molecule has 2 heterocycles. The Bertz CT molecular complexity index is 881. The first-order valence-corrected chi connectivity index (χ1v) is 9.25. The zero-order valence-electron chi connectivity index (χ0n) is 12.3. The number of halogens is 1. The summed E-state index contributed by atoms with van der Waals surface area (Å²) in [4.78, 5) is 16.1. The molecule has 0 radical (unpaired) electrons. The van der Waals surface area contributed by atoms with Crippen molar-refractivity contribution < 1.29 is 9.90 Å². The summed E-state index contributed by atoms with van der Waals surface area (Å²) in [6.07, 6.45) is 0. The molecule has 1 aromatic carbocycles. The van der Waals surface area contributed by atoms with Crippen LogP contribution in [-0.2, 0) is 4.79 Å². The van der Waals surface area contributed by atoms with Crippen molar-refractivity contribution in [3.8, 4) is 17.1 Å². The molecule has 124 valence electrons. The minimum absolute atomic E-state index is 0.0929. The van der Waals surface area contributed by atoms with E-state index in [0.717, 1.165) is 9.48 Å². The van der Waals surface area contributed by atoms with E-state index in [1.165, 1.54) is 23.1 Å². The molecule has 0 atom stereocenters. The molecule has 0 aliphatic heterocycles. The maximum Gasteiger partial charge on any atom is 0.236 e. The molecule has 0 bridgehead atoms. The van der Waals surface area contributed by atoms with Gasteiger partial charge in [-0.1, -0.05) is 39.0 Å². The number of phenols is 1. The summed E-state index contributed by atoms with van der Waals surface area (Å²) in [6.45, 7) is 1.81. The summed E-state index contributed by atoms with van der Waals surface area (Å²) in [6, 6.07) is 5.02. The zero-order chi connectivity index (χ0) is 17.1. The van der Waals surface area contributed by atoms with E-state index < -0.39 is 0 Å². The van der Waals surface area contributed by atoms with E-state index in [9.17, 15) is 9.90 Å². The summed E-state index contributed by atoms with van der Waals surface area (Å²) >= 11 is 5.83. The van der Waals surface area contributed by atoms with Gasteiger partial charge in [0.15, 0.2) is 5.82 Å². The predicted molar refractivity (Wildman–Crippen MR) is 95.2 cm³/mol. The fraction of sp³-hybridized carbons (Fsp3) is 0.154. The van der Waals surface area contributed by atoms with Gasteiger partial charge >= 0.3 is 0 Å². The average molecular weight is 427 g/mol. The van der Waals surface area contributed by atoms with Gasteiger partial charge in [0.2, 0.25) is 16.2 Å². The Hall–Kier alpha value is -1.98. The van der Waals surface area contributed by atoms with E-state index in [1.54, 1.807) is 18.2 Å². The van der Waals surface area contributed by atoms with Crippen LogP contribution in [0.3, 0.4) is 0 Å². The number of nitrogens with zero attached hydrogens (tertiary/aromatic N) is 4. The van der Waals surface area contributed by atoms with Crippen LogP contribution in [0.2, 0.25) is 0 Å². The monoisotopic (exact) mass is 426 g/mol. The number of aromatic hydroxyl groups is 1. The van der Waals surface area contributed by atoms with Gasteiger partial charge < -0.3 is 5.11 Å². The number of carbonyl (C=O) groups is 1. The second-order valence-electron chi connectivity index (χ2n) is 4.59. The number of phenolic OH excluding ortho intramolecular Hbond substituents is 1. The van der Waals surface area contributed by atoms with Crippen molar-refractivity contribution in [1.29, 1.82) is 0 Å². The van der Waals surface area contributed by atoms with Crippen LogP contribution in [-0.4, -0.2) is 42.1 Å². The van der Waals surface area contributed by atoms with Crippen molar-refractivity contribution in [3.63, 3.8) is 0 Å². The molecular weight excluding hydrogens is 416 g/mol. The number of hydrogen-bond acceptors (Lipinski definition) is 8. The first kappa shape index (κ1) is 16.9. The Balaban J connectivity index is 1.62. The largest absolute Gasteiger partial charge is 0.507 e. The lowest BCUT2D eigenvalue weighted by Gasteiger charge is -2.00. The SMILES string of the molecule is Cc1nnc(NC(=O)CSc2n[nH]c(-c3cc(Br)ccc3O)n2)s1. The van der Waals surface area contributed by atoms with Crippen LogP contribution in [0.15, 0.2) is 27.8 Å². The van der Waals surface area contributed by atoms with Crippen LogP contribution >= 0.6 is 39.0 Å². The summed E-state index contributed by atoms with van der Waals surface area (Å²) in [5.41, 5.74) is 0.525. The number of anilines is 1. The number of thioether (sulfide) groups is 1. The number of nitrogens with one attached hydrogen (secondary N) is 2. The molecule has 8 nitrogen and oxygen atoms in total. The van der Waals surface area contributed by atoms with E-state index in [4.69, 9.17) is 0 Å². The Kier molecular flexibility index (Phi) is 5.11. The number of aromatic amines is 1. The number of amides is 1. The molecular formula is C13H11BrN6O2S2. The third-order valence-corrected chi connectivity index (χ3v) is 4.88. The van der Waals surface area contributed by atoms with Gasteiger partial charge in [0.05, 0.1) is 11.3 Å². The van der Waals surface area contributed by atoms with Gasteiger partial charge in [-0.2, -0.15) is 0 Å². The fourth-order valence-corrected chi connectivity index (χ4v) is 3.33. The fourth-order valence-electron chi connectivity index (χ4n) is 1.76. The molecule has 3 N–H and O–H groups in total. The van der Waals surface area contributed by atoms with Crippen LogP contribution in [0.5, 0.6) is 5.75 Å². The van der Waals surface area contributed by atoms with Gasteiger partial charge in [-0.15, -0.1) is 15.3 Å². The Morgan fingerprint density at radius 2 is 2.29 bits per heavy atom. The van der Waals surface area contributed by atoms with Crippen molar-refractivity contribution in [1.82, 2.24) is 25.4 Å².